The van der Waals surface area contributed by atoms with Crippen LogP contribution in [0.1, 0.15) is 5.56 Å². The molecule has 0 bridgehead atoms. The summed E-state index contributed by atoms with van der Waals surface area (Å²) in [6.07, 6.45) is 3.27. The summed E-state index contributed by atoms with van der Waals surface area (Å²) in [7, 11) is 1.48. The van der Waals surface area contributed by atoms with E-state index >= 15 is 0 Å². The number of benzene rings is 3. The van der Waals surface area contributed by atoms with Crippen molar-refractivity contribution in [2.45, 2.75) is 0 Å². The van der Waals surface area contributed by atoms with Gasteiger partial charge in [0.05, 0.1) is 24.2 Å². The minimum absolute atomic E-state index is 0.107. The van der Waals surface area contributed by atoms with E-state index in [1.807, 2.05) is 48.5 Å². The van der Waals surface area contributed by atoms with Gasteiger partial charge in [-0.3, -0.25) is 4.79 Å². The van der Waals surface area contributed by atoms with Gasteiger partial charge in [0.1, 0.15) is 17.4 Å². The minimum atomic E-state index is -0.599. The molecule has 0 aliphatic carbocycles. The number of carbonyl (C=O) groups is 1. The standard InChI is InChI=1S/C26H18Cl2N4O2/c1-34-24-12-11-21(28)14-23(24)30-26(33)18(15-29)13-19-16-32(22-5-3-2-4-6-22)31-25(19)17-7-9-20(27)10-8-17/h2-14,16H,1H3,(H,30,33)/b18-13+. The topological polar surface area (TPSA) is 79.9 Å². The fraction of sp³-hybridized carbons (Fsp3) is 0.0385. The molecular formula is C26H18Cl2N4O2. The molecule has 0 spiro atoms. The van der Waals surface area contributed by atoms with E-state index < -0.39 is 5.91 Å². The summed E-state index contributed by atoms with van der Waals surface area (Å²) in [5, 5.41) is 18.2. The molecule has 6 nitrogen and oxygen atoms in total. The molecular weight excluding hydrogens is 471 g/mol. The summed E-state index contributed by atoms with van der Waals surface area (Å²) >= 11 is 12.1. The van der Waals surface area contributed by atoms with E-state index in [2.05, 4.69) is 5.32 Å². The second-order valence-electron chi connectivity index (χ2n) is 7.19. The molecule has 0 aliphatic heterocycles. The van der Waals surface area contributed by atoms with Gasteiger partial charge in [0.25, 0.3) is 5.91 Å². The molecule has 1 heterocycles. The van der Waals surface area contributed by atoms with E-state index in [9.17, 15) is 10.1 Å². The van der Waals surface area contributed by atoms with Gasteiger partial charge in [-0.25, -0.2) is 4.68 Å². The van der Waals surface area contributed by atoms with Crippen LogP contribution in [0.15, 0.2) is 84.6 Å². The largest absolute Gasteiger partial charge is 0.495 e. The lowest BCUT2D eigenvalue weighted by Gasteiger charge is -2.10. The first-order valence-electron chi connectivity index (χ1n) is 10.2. The lowest BCUT2D eigenvalue weighted by atomic mass is 10.1. The van der Waals surface area contributed by atoms with Crippen LogP contribution in [0, 0.1) is 11.3 Å². The van der Waals surface area contributed by atoms with Gasteiger partial charge in [-0.15, -0.1) is 0 Å². The number of aromatic nitrogens is 2. The highest BCUT2D eigenvalue weighted by Gasteiger charge is 2.17. The van der Waals surface area contributed by atoms with Crippen LogP contribution in [-0.2, 0) is 4.79 Å². The predicted octanol–water partition coefficient (Wildman–Crippen LogP) is 6.40. The summed E-state index contributed by atoms with van der Waals surface area (Å²) in [6.45, 7) is 0. The van der Waals surface area contributed by atoms with Crippen molar-refractivity contribution in [3.05, 3.63) is 100 Å². The SMILES string of the molecule is COc1ccc(Cl)cc1NC(=O)/C(C#N)=C/c1cn(-c2ccccc2)nc1-c1ccc(Cl)cc1. The average Bonchev–Trinajstić information content (AvgIpc) is 3.27. The van der Waals surface area contributed by atoms with Crippen molar-refractivity contribution in [1.82, 2.24) is 9.78 Å². The van der Waals surface area contributed by atoms with Crippen LogP contribution in [0.4, 0.5) is 5.69 Å². The highest BCUT2D eigenvalue weighted by molar-refractivity contribution is 6.31. The Kier molecular flexibility index (Phi) is 6.98. The van der Waals surface area contributed by atoms with Crippen molar-refractivity contribution < 1.29 is 9.53 Å². The number of amides is 1. The summed E-state index contributed by atoms with van der Waals surface area (Å²) < 4.78 is 6.97. The maximum atomic E-state index is 13.0. The number of anilines is 1. The van der Waals surface area contributed by atoms with Gasteiger partial charge in [0.15, 0.2) is 0 Å². The highest BCUT2D eigenvalue weighted by Crippen LogP contribution is 2.29. The van der Waals surface area contributed by atoms with Crippen LogP contribution in [0.25, 0.3) is 23.0 Å². The Morgan fingerprint density at radius 1 is 1.06 bits per heavy atom. The molecule has 1 amide bonds. The quantitative estimate of drug-likeness (QED) is 0.251. The number of nitrogens with zero attached hydrogens (tertiary/aromatic N) is 3. The number of nitriles is 1. The Bertz CT molecular complexity index is 1410. The third-order valence-corrected chi connectivity index (χ3v) is 5.44. The second kappa shape index (κ2) is 10.3. The molecule has 168 valence electrons. The molecule has 8 heteroatoms. The van der Waals surface area contributed by atoms with Gasteiger partial charge in [-0.1, -0.05) is 53.5 Å². The van der Waals surface area contributed by atoms with Gasteiger partial charge in [-0.2, -0.15) is 10.4 Å². The lowest BCUT2D eigenvalue weighted by Crippen LogP contribution is -2.14. The Morgan fingerprint density at radius 3 is 2.44 bits per heavy atom. The van der Waals surface area contributed by atoms with Crippen molar-refractivity contribution >= 4 is 40.9 Å². The normalized spacial score (nSPS) is 11.1. The fourth-order valence-corrected chi connectivity index (χ4v) is 3.61. The van der Waals surface area contributed by atoms with Gasteiger partial charge in [0.2, 0.25) is 0 Å². The van der Waals surface area contributed by atoms with Crippen molar-refractivity contribution in [2.24, 2.45) is 0 Å². The molecule has 0 saturated heterocycles. The molecule has 0 saturated carbocycles. The average molecular weight is 489 g/mol. The number of rotatable bonds is 6. The first-order valence-corrected chi connectivity index (χ1v) is 10.9. The summed E-state index contributed by atoms with van der Waals surface area (Å²) in [5.74, 6) is -0.175. The smallest absolute Gasteiger partial charge is 0.266 e. The Hall–Kier alpha value is -4.05. The molecule has 1 N–H and O–H groups in total. The monoisotopic (exact) mass is 488 g/mol. The number of halogens is 2. The van der Waals surface area contributed by atoms with E-state index in [1.165, 1.54) is 13.2 Å². The molecule has 0 fully saturated rings. The van der Waals surface area contributed by atoms with Gasteiger partial charge in [-0.05, 0) is 48.5 Å². The number of hydrogen-bond acceptors (Lipinski definition) is 4. The number of methoxy groups -OCH3 is 1. The minimum Gasteiger partial charge on any atom is -0.495 e. The first-order chi connectivity index (χ1) is 16.5. The van der Waals surface area contributed by atoms with E-state index in [0.29, 0.717) is 32.7 Å². The van der Waals surface area contributed by atoms with E-state index in [4.69, 9.17) is 33.0 Å². The second-order valence-corrected chi connectivity index (χ2v) is 8.06. The zero-order chi connectivity index (χ0) is 24.1. The van der Waals surface area contributed by atoms with E-state index in [1.54, 1.807) is 41.2 Å². The number of hydrogen-bond donors (Lipinski definition) is 1. The summed E-state index contributed by atoms with van der Waals surface area (Å²) in [4.78, 5) is 13.0. The van der Waals surface area contributed by atoms with Gasteiger partial charge in [0, 0.05) is 27.4 Å². The Balaban J connectivity index is 1.75. The van der Waals surface area contributed by atoms with Gasteiger partial charge < -0.3 is 10.1 Å². The maximum Gasteiger partial charge on any atom is 0.266 e. The molecule has 0 aliphatic rings. The van der Waals surface area contributed by atoms with Gasteiger partial charge >= 0.3 is 0 Å². The van der Waals surface area contributed by atoms with Crippen LogP contribution < -0.4 is 10.1 Å². The number of carbonyl (C=O) groups excluding carboxylic acids is 1. The molecule has 3 aromatic carbocycles. The van der Waals surface area contributed by atoms with E-state index in [0.717, 1.165) is 11.3 Å². The molecule has 4 aromatic rings. The van der Waals surface area contributed by atoms with Crippen molar-refractivity contribution in [1.29, 1.82) is 5.26 Å². The first kappa shape index (κ1) is 23.1. The molecule has 0 radical (unpaired) electrons. The number of para-hydroxylation sites is 1. The van der Waals surface area contributed by atoms with Crippen LogP contribution in [0.5, 0.6) is 5.75 Å². The third-order valence-electron chi connectivity index (χ3n) is 4.96. The maximum absolute atomic E-state index is 13.0. The molecule has 34 heavy (non-hydrogen) atoms. The lowest BCUT2D eigenvalue weighted by molar-refractivity contribution is -0.112. The molecule has 0 unspecified atom stereocenters. The van der Waals surface area contributed by atoms with Crippen molar-refractivity contribution in [3.63, 3.8) is 0 Å². The molecule has 4 rings (SSSR count). The van der Waals surface area contributed by atoms with E-state index in [-0.39, 0.29) is 5.57 Å². The molecule has 1 aromatic heterocycles. The third kappa shape index (κ3) is 5.12. The summed E-state index contributed by atoms with van der Waals surface area (Å²) in [6, 6.07) is 23.5. The zero-order valence-corrected chi connectivity index (χ0v) is 19.5. The van der Waals surface area contributed by atoms with Crippen LogP contribution in [0.2, 0.25) is 10.0 Å². The van der Waals surface area contributed by atoms with Crippen molar-refractivity contribution in [3.8, 4) is 28.8 Å². The van der Waals surface area contributed by atoms with Crippen LogP contribution in [0.3, 0.4) is 0 Å². The zero-order valence-electron chi connectivity index (χ0n) is 18.0. The Labute approximate surface area is 206 Å². The highest BCUT2D eigenvalue weighted by atomic mass is 35.5. The Morgan fingerprint density at radius 2 is 1.76 bits per heavy atom. The fourth-order valence-electron chi connectivity index (χ4n) is 3.31. The number of nitrogens with one attached hydrogen (secondary N) is 1. The van der Waals surface area contributed by atoms with Crippen LogP contribution in [-0.4, -0.2) is 22.8 Å². The van der Waals surface area contributed by atoms with Crippen molar-refractivity contribution in [2.75, 3.05) is 12.4 Å². The predicted molar refractivity (Wildman–Crippen MR) is 134 cm³/mol. The van der Waals surface area contributed by atoms with Crippen LogP contribution >= 0.6 is 23.2 Å². The summed E-state index contributed by atoms with van der Waals surface area (Å²) in [5.41, 5.74) is 3.07. The molecule has 0 atom stereocenters. The number of ether oxygens (including phenoxy) is 1.